The molecule has 0 spiro atoms. The van der Waals surface area contributed by atoms with E-state index < -0.39 is 6.46 Å². The third-order valence-corrected chi connectivity index (χ3v) is 15.4. The van der Waals surface area contributed by atoms with E-state index in [1.165, 1.54) is 26.8 Å². The summed E-state index contributed by atoms with van der Waals surface area (Å²) < 4.78 is 4.71. The molecule has 0 saturated carbocycles. The molecule has 2 nitrogen and oxygen atoms in total. The minimum Gasteiger partial charge on any atom is -0.226 e. The number of hydrogen-bond acceptors (Lipinski definition) is 8. The summed E-state index contributed by atoms with van der Waals surface area (Å²) in [5.41, 5.74) is 0. The summed E-state index contributed by atoms with van der Waals surface area (Å²) in [5, 5.41) is 0. The summed E-state index contributed by atoms with van der Waals surface area (Å²) in [6, 6.07) is 0. The Balaban J connectivity index is 3.56. The van der Waals surface area contributed by atoms with Crippen LogP contribution in [0.3, 0.4) is 0 Å². The third-order valence-electron chi connectivity index (χ3n) is 0.316. The van der Waals surface area contributed by atoms with Crippen LogP contribution in [-0.4, -0.2) is 7.11 Å². The Bertz CT molecular complexity index is 175. The van der Waals surface area contributed by atoms with Crippen LogP contribution in [0.1, 0.15) is 0 Å². The monoisotopic (exact) mass is 398 g/mol. The first-order chi connectivity index (χ1) is 5.12. The molecule has 0 fully saturated rings. The van der Waals surface area contributed by atoms with Crippen molar-refractivity contribution in [2.24, 2.45) is 0 Å². The summed E-state index contributed by atoms with van der Waals surface area (Å²) in [4.78, 5) is 4.41. The van der Waals surface area contributed by atoms with Crippen LogP contribution in [0, 0.1) is 0 Å². The van der Waals surface area contributed by atoms with Crippen LogP contribution < -0.4 is 0 Å². The van der Waals surface area contributed by atoms with Crippen LogP contribution in [0.5, 0.6) is 0 Å². The Kier molecular flexibility index (Phi) is 10.3. The van der Waals surface area contributed by atoms with Gasteiger partial charge in [-0.1, -0.05) is 0 Å². The Labute approximate surface area is 102 Å². The van der Waals surface area contributed by atoms with Gasteiger partial charge in [0.15, 0.2) is 0 Å². The van der Waals surface area contributed by atoms with E-state index in [2.05, 4.69) is 26.1 Å². The number of halogens is 1. The smallest absolute Gasteiger partial charge is 0.115 e. The van der Waals surface area contributed by atoms with Gasteiger partial charge >= 0.3 is 0 Å². The maximum atomic E-state index is 4.92. The Morgan fingerprint density at radius 2 is 2.00 bits per heavy atom. The molecule has 0 heterocycles. The highest BCUT2D eigenvalue weighted by Gasteiger charge is 2.04. The van der Waals surface area contributed by atoms with Crippen molar-refractivity contribution in [2.45, 2.75) is 0 Å². The minimum atomic E-state index is -1.92. The van der Waals surface area contributed by atoms with Crippen LogP contribution in [0.4, 0.5) is 0 Å². The number of hydrogen-bond donors (Lipinski definition) is 0. The van der Waals surface area contributed by atoms with Crippen molar-refractivity contribution in [3.8, 4) is 0 Å². The molecule has 0 N–H and O–H groups in total. The minimum absolute atomic E-state index is 1.35. The van der Waals surface area contributed by atoms with Crippen LogP contribution in [0.2, 0.25) is 0 Å². The lowest BCUT2D eigenvalue weighted by Crippen LogP contribution is -1.93. The van der Waals surface area contributed by atoms with E-state index in [9.17, 15) is 0 Å². The van der Waals surface area contributed by atoms with E-state index in [4.69, 9.17) is 26.7 Å². The molecule has 68 valence electrons. The standard InChI is InChI=1S/CH3IO2S7/c1-3-4-11(5,6)10-9-8-7-2/h1H3. The summed E-state index contributed by atoms with van der Waals surface area (Å²) in [6.07, 6.45) is 0. The molecule has 0 aromatic rings. The van der Waals surface area contributed by atoms with Crippen LogP contribution in [-0.2, 0) is 38.1 Å². The Morgan fingerprint density at radius 3 is 2.45 bits per heavy atom. The fourth-order valence-electron chi connectivity index (χ4n) is 0.151. The van der Waals surface area contributed by atoms with Gasteiger partial charge in [-0.3, -0.25) is 0 Å². The quantitative estimate of drug-likeness (QED) is 0.220. The lowest BCUT2D eigenvalue weighted by molar-refractivity contribution is -0.160. The molecule has 0 bridgehead atoms. The van der Waals surface area contributed by atoms with Gasteiger partial charge in [0.25, 0.3) is 0 Å². The van der Waals surface area contributed by atoms with Crippen molar-refractivity contribution in [3.63, 3.8) is 0 Å². The van der Waals surface area contributed by atoms with E-state index in [1.807, 2.05) is 0 Å². The second-order valence-corrected chi connectivity index (χ2v) is 17.0. The number of rotatable bonds is 6. The van der Waals surface area contributed by atoms with Gasteiger partial charge in [-0.2, -0.15) is 0 Å². The maximum Gasteiger partial charge on any atom is 0.115 e. The van der Waals surface area contributed by atoms with Crippen molar-refractivity contribution in [3.05, 3.63) is 0 Å². The van der Waals surface area contributed by atoms with E-state index in [0.29, 0.717) is 0 Å². The largest absolute Gasteiger partial charge is 0.226 e. The SMILES string of the molecule is COOS(=S)(=S)SSSSI. The highest BCUT2D eigenvalue weighted by atomic mass is 127. The van der Waals surface area contributed by atoms with Crippen LogP contribution in [0.25, 0.3) is 0 Å². The second kappa shape index (κ2) is 8.17. The van der Waals surface area contributed by atoms with E-state index >= 15 is 0 Å². The highest BCUT2D eigenvalue weighted by molar-refractivity contribution is 14.2. The maximum absolute atomic E-state index is 4.92. The Hall–Kier alpha value is 2.84. The van der Waals surface area contributed by atoms with Crippen LogP contribution in [0.15, 0.2) is 0 Å². The molecule has 10 heteroatoms. The zero-order valence-corrected chi connectivity index (χ0v) is 12.9. The van der Waals surface area contributed by atoms with Gasteiger partial charge in [0.2, 0.25) is 0 Å². The predicted molar refractivity (Wildman–Crippen MR) is 74.6 cm³/mol. The summed E-state index contributed by atoms with van der Waals surface area (Å²) in [7, 11) is 7.48. The first-order valence-corrected chi connectivity index (χ1v) is 13.2. The van der Waals surface area contributed by atoms with E-state index in [0.717, 1.165) is 0 Å². The molecule has 0 atom stereocenters. The molecule has 0 radical (unpaired) electrons. The van der Waals surface area contributed by atoms with Gasteiger partial charge in [-0.25, -0.2) is 4.89 Å². The molecule has 0 aromatic heterocycles. The molecule has 0 aliphatic carbocycles. The first-order valence-electron chi connectivity index (χ1n) is 1.90. The average Bonchev–Trinajstić information content (AvgIpc) is 1.87. The summed E-state index contributed by atoms with van der Waals surface area (Å²) >= 11 is 12.0. The lowest BCUT2D eigenvalue weighted by Gasteiger charge is -2.03. The lowest BCUT2D eigenvalue weighted by atomic mass is 11.8. The zero-order chi connectivity index (χ0) is 8.74. The highest BCUT2D eigenvalue weighted by Crippen LogP contribution is 2.48. The van der Waals surface area contributed by atoms with Gasteiger partial charge in [-0.15, -0.1) is 4.33 Å². The molecule has 0 aromatic carbocycles. The van der Waals surface area contributed by atoms with Gasteiger partial charge in [0.05, 0.1) is 7.11 Å². The average molecular weight is 398 g/mol. The fraction of sp³-hybridized carbons (Fsp3) is 1.00. The molecule has 0 unspecified atom stereocenters. The van der Waals surface area contributed by atoms with E-state index in [-0.39, 0.29) is 0 Å². The molecule has 0 aliphatic heterocycles. The molecular weight excluding hydrogens is 395 g/mol. The molecule has 0 aliphatic rings. The van der Waals surface area contributed by atoms with Crippen molar-refractivity contribution in [2.75, 3.05) is 7.11 Å². The molecule has 0 amide bonds. The summed E-state index contributed by atoms with van der Waals surface area (Å²) in [5.74, 6) is 0. The molecule has 11 heavy (non-hydrogen) atoms. The normalized spacial score (nSPS) is 11.8. The van der Waals surface area contributed by atoms with Gasteiger partial charge in [0.1, 0.15) is 6.46 Å². The Morgan fingerprint density at radius 1 is 1.36 bits per heavy atom. The molecule has 0 rings (SSSR count). The topological polar surface area (TPSA) is 18.5 Å². The van der Waals surface area contributed by atoms with Crippen molar-refractivity contribution < 1.29 is 9.22 Å². The van der Waals surface area contributed by atoms with Crippen molar-refractivity contribution in [1.82, 2.24) is 0 Å². The first kappa shape index (κ1) is 13.8. The van der Waals surface area contributed by atoms with Crippen molar-refractivity contribution in [1.29, 1.82) is 0 Å². The van der Waals surface area contributed by atoms with Crippen LogP contribution >= 0.6 is 58.6 Å². The zero-order valence-electron chi connectivity index (χ0n) is 5.05. The molecule has 0 saturated heterocycles. The van der Waals surface area contributed by atoms with Gasteiger partial charge < -0.3 is 0 Å². The van der Waals surface area contributed by atoms with Crippen molar-refractivity contribution >= 4 is 87.5 Å². The summed E-state index contributed by atoms with van der Waals surface area (Å²) in [6.45, 7) is -1.92. The van der Waals surface area contributed by atoms with Gasteiger partial charge in [-0.05, 0) is 40.2 Å². The third kappa shape index (κ3) is 9.15. The molecular formula is CH3IO2S7. The van der Waals surface area contributed by atoms with Gasteiger partial charge in [0, 0.05) is 40.9 Å². The fourth-order valence-corrected chi connectivity index (χ4v) is 15.9. The van der Waals surface area contributed by atoms with E-state index in [1.54, 1.807) is 17.8 Å². The predicted octanol–water partition coefficient (Wildman–Crippen LogP) is 3.50. The second-order valence-electron chi connectivity index (χ2n) is 0.910.